The highest BCUT2D eigenvalue weighted by Gasteiger charge is 2.25. The lowest BCUT2D eigenvalue weighted by molar-refractivity contribution is 0.0535. The maximum Gasteiger partial charge on any atom is 0.253 e. The van der Waals surface area contributed by atoms with Gasteiger partial charge in [0.05, 0.1) is 7.11 Å². The zero-order valence-corrected chi connectivity index (χ0v) is 14.9. The molecule has 0 aromatic heterocycles. The van der Waals surface area contributed by atoms with Gasteiger partial charge in [-0.25, -0.2) is 4.39 Å². The summed E-state index contributed by atoms with van der Waals surface area (Å²) in [5.74, 6) is 0.185. The van der Waals surface area contributed by atoms with Crippen molar-refractivity contribution in [2.45, 2.75) is 6.92 Å². The van der Waals surface area contributed by atoms with Crippen LogP contribution < -0.4 is 4.74 Å². The Morgan fingerprint density at radius 1 is 0.885 bits per heavy atom. The number of carbonyl (C=O) groups excluding carboxylic acids is 2. The summed E-state index contributed by atoms with van der Waals surface area (Å²) in [6.45, 7) is 3.75. The Morgan fingerprint density at radius 2 is 1.38 bits per heavy atom. The first-order valence-corrected chi connectivity index (χ1v) is 8.48. The van der Waals surface area contributed by atoms with Gasteiger partial charge in [-0.05, 0) is 55.0 Å². The van der Waals surface area contributed by atoms with Crippen LogP contribution in [0.3, 0.4) is 0 Å². The number of nitrogens with zero attached hydrogens (tertiary/aromatic N) is 2. The van der Waals surface area contributed by atoms with Crippen molar-refractivity contribution in [3.8, 4) is 5.75 Å². The van der Waals surface area contributed by atoms with Gasteiger partial charge < -0.3 is 14.5 Å². The van der Waals surface area contributed by atoms with Gasteiger partial charge in [-0.2, -0.15) is 0 Å². The van der Waals surface area contributed by atoms with Crippen molar-refractivity contribution in [1.82, 2.24) is 9.80 Å². The van der Waals surface area contributed by atoms with Crippen molar-refractivity contribution in [3.63, 3.8) is 0 Å². The number of halogens is 1. The first kappa shape index (κ1) is 17.9. The van der Waals surface area contributed by atoms with E-state index in [0.29, 0.717) is 37.3 Å². The highest BCUT2D eigenvalue weighted by atomic mass is 19.1. The fourth-order valence-electron chi connectivity index (χ4n) is 3.08. The van der Waals surface area contributed by atoms with Gasteiger partial charge in [-0.15, -0.1) is 0 Å². The van der Waals surface area contributed by atoms with E-state index < -0.39 is 0 Å². The van der Waals surface area contributed by atoms with Crippen molar-refractivity contribution in [1.29, 1.82) is 0 Å². The molecule has 0 bridgehead atoms. The van der Waals surface area contributed by atoms with E-state index in [-0.39, 0.29) is 17.6 Å². The quantitative estimate of drug-likeness (QED) is 0.850. The summed E-state index contributed by atoms with van der Waals surface area (Å²) in [6.07, 6.45) is 0. The molecule has 0 atom stereocenters. The fraction of sp³-hybridized carbons (Fsp3) is 0.300. The van der Waals surface area contributed by atoms with Crippen LogP contribution in [0.4, 0.5) is 4.39 Å². The van der Waals surface area contributed by atoms with Crippen LogP contribution in [0.1, 0.15) is 26.3 Å². The summed E-state index contributed by atoms with van der Waals surface area (Å²) >= 11 is 0. The van der Waals surface area contributed by atoms with Gasteiger partial charge in [0, 0.05) is 37.3 Å². The van der Waals surface area contributed by atoms with Crippen molar-refractivity contribution < 1.29 is 18.7 Å². The first-order valence-electron chi connectivity index (χ1n) is 8.48. The molecular weight excluding hydrogens is 335 g/mol. The molecule has 1 aliphatic heterocycles. The maximum atomic E-state index is 13.0. The molecule has 0 radical (unpaired) electrons. The fourth-order valence-corrected chi connectivity index (χ4v) is 3.08. The van der Waals surface area contributed by atoms with Crippen LogP contribution in [-0.2, 0) is 0 Å². The number of rotatable bonds is 3. The second-order valence-corrected chi connectivity index (χ2v) is 6.28. The van der Waals surface area contributed by atoms with Gasteiger partial charge >= 0.3 is 0 Å². The van der Waals surface area contributed by atoms with Crippen LogP contribution in [0.5, 0.6) is 5.75 Å². The molecule has 0 aliphatic carbocycles. The molecule has 3 rings (SSSR count). The SMILES string of the molecule is COc1ccc(C(=O)N2CCN(C(=O)c3ccc(F)cc3)CC2)cc1C. The molecule has 2 aromatic rings. The van der Waals surface area contributed by atoms with Crippen molar-refractivity contribution in [2.75, 3.05) is 33.3 Å². The van der Waals surface area contributed by atoms with E-state index in [9.17, 15) is 14.0 Å². The number of carbonyl (C=O) groups is 2. The number of piperazine rings is 1. The minimum absolute atomic E-state index is 0.0513. The van der Waals surface area contributed by atoms with Crippen molar-refractivity contribution >= 4 is 11.8 Å². The molecule has 136 valence electrons. The van der Waals surface area contributed by atoms with E-state index in [1.807, 2.05) is 13.0 Å². The van der Waals surface area contributed by atoms with Crippen LogP contribution in [0, 0.1) is 12.7 Å². The van der Waals surface area contributed by atoms with Crippen LogP contribution in [0.15, 0.2) is 42.5 Å². The first-order chi connectivity index (χ1) is 12.5. The Bertz CT molecular complexity index is 812. The number of hydrogen-bond acceptors (Lipinski definition) is 3. The van der Waals surface area contributed by atoms with Crippen LogP contribution in [0.25, 0.3) is 0 Å². The smallest absolute Gasteiger partial charge is 0.253 e. The van der Waals surface area contributed by atoms with Gasteiger partial charge in [-0.3, -0.25) is 9.59 Å². The summed E-state index contributed by atoms with van der Waals surface area (Å²) in [5.41, 5.74) is 1.97. The van der Waals surface area contributed by atoms with Gasteiger partial charge in [0.25, 0.3) is 11.8 Å². The molecule has 0 saturated carbocycles. The molecule has 2 amide bonds. The van der Waals surface area contributed by atoms with Crippen LogP contribution in [0.2, 0.25) is 0 Å². The number of ether oxygens (including phenoxy) is 1. The minimum atomic E-state index is -0.369. The number of benzene rings is 2. The predicted octanol–water partition coefficient (Wildman–Crippen LogP) is 2.74. The summed E-state index contributed by atoms with van der Waals surface area (Å²) in [4.78, 5) is 28.6. The number of hydrogen-bond donors (Lipinski definition) is 0. The molecule has 0 unspecified atom stereocenters. The van der Waals surface area contributed by atoms with Crippen molar-refractivity contribution in [3.05, 3.63) is 65.0 Å². The summed E-state index contributed by atoms with van der Waals surface area (Å²) < 4.78 is 18.2. The molecule has 6 heteroatoms. The molecule has 1 heterocycles. The molecule has 0 N–H and O–H groups in total. The van der Waals surface area contributed by atoms with Crippen LogP contribution in [-0.4, -0.2) is 54.9 Å². The van der Waals surface area contributed by atoms with E-state index in [1.54, 1.807) is 29.0 Å². The molecule has 26 heavy (non-hydrogen) atoms. The number of amides is 2. The van der Waals surface area contributed by atoms with Gasteiger partial charge in [0.1, 0.15) is 11.6 Å². The lowest BCUT2D eigenvalue weighted by Crippen LogP contribution is -2.50. The Hall–Kier alpha value is -2.89. The second-order valence-electron chi connectivity index (χ2n) is 6.28. The summed E-state index contributed by atoms with van der Waals surface area (Å²) in [5, 5.41) is 0. The minimum Gasteiger partial charge on any atom is -0.496 e. The lowest BCUT2D eigenvalue weighted by atomic mass is 10.1. The third kappa shape index (κ3) is 3.69. The average molecular weight is 356 g/mol. The second kappa shape index (κ2) is 7.56. The Kier molecular flexibility index (Phi) is 5.21. The van der Waals surface area contributed by atoms with E-state index in [4.69, 9.17) is 4.74 Å². The zero-order chi connectivity index (χ0) is 18.7. The monoisotopic (exact) mass is 356 g/mol. The third-order valence-electron chi connectivity index (χ3n) is 4.59. The largest absolute Gasteiger partial charge is 0.496 e. The molecule has 5 nitrogen and oxygen atoms in total. The predicted molar refractivity (Wildman–Crippen MR) is 95.9 cm³/mol. The average Bonchev–Trinajstić information content (AvgIpc) is 2.67. The highest BCUT2D eigenvalue weighted by Crippen LogP contribution is 2.20. The van der Waals surface area contributed by atoms with Gasteiger partial charge in [0.15, 0.2) is 0 Å². The summed E-state index contributed by atoms with van der Waals surface area (Å²) in [7, 11) is 1.60. The molecule has 1 aliphatic rings. The van der Waals surface area contributed by atoms with Gasteiger partial charge in [-0.1, -0.05) is 0 Å². The lowest BCUT2D eigenvalue weighted by Gasteiger charge is -2.35. The van der Waals surface area contributed by atoms with Gasteiger partial charge in [0.2, 0.25) is 0 Å². The van der Waals surface area contributed by atoms with E-state index >= 15 is 0 Å². The maximum absolute atomic E-state index is 13.0. The summed E-state index contributed by atoms with van der Waals surface area (Å²) in [6, 6.07) is 10.9. The Balaban J connectivity index is 1.62. The molecular formula is C20H21FN2O3. The third-order valence-corrected chi connectivity index (χ3v) is 4.59. The van der Waals surface area contributed by atoms with E-state index in [1.165, 1.54) is 24.3 Å². The van der Waals surface area contributed by atoms with Crippen molar-refractivity contribution in [2.24, 2.45) is 0 Å². The zero-order valence-electron chi connectivity index (χ0n) is 14.9. The molecule has 0 spiro atoms. The Labute approximate surface area is 152 Å². The number of methoxy groups -OCH3 is 1. The molecule has 1 fully saturated rings. The molecule has 2 aromatic carbocycles. The number of aryl methyl sites for hydroxylation is 1. The highest BCUT2D eigenvalue weighted by molar-refractivity contribution is 5.96. The standard InChI is InChI=1S/C20H21FN2O3/c1-14-13-16(5-8-18(14)26-2)20(25)23-11-9-22(10-12-23)19(24)15-3-6-17(21)7-4-15/h3-8,13H,9-12H2,1-2H3. The Morgan fingerprint density at radius 3 is 1.88 bits per heavy atom. The topological polar surface area (TPSA) is 49.9 Å². The van der Waals surface area contributed by atoms with Crippen LogP contribution >= 0.6 is 0 Å². The van der Waals surface area contributed by atoms with E-state index in [2.05, 4.69) is 0 Å². The van der Waals surface area contributed by atoms with E-state index in [0.717, 1.165) is 11.3 Å². The normalized spacial score (nSPS) is 14.3. The molecule has 1 saturated heterocycles.